The number of benzene rings is 1. The monoisotopic (exact) mass is 475 g/mol. The van der Waals surface area contributed by atoms with Crippen LogP contribution in [0.2, 0.25) is 10.0 Å². The number of nitro groups is 1. The molecule has 1 saturated heterocycles. The van der Waals surface area contributed by atoms with Crippen molar-refractivity contribution in [3.63, 3.8) is 0 Å². The van der Waals surface area contributed by atoms with Gasteiger partial charge in [-0.05, 0) is 20.8 Å². The van der Waals surface area contributed by atoms with Crippen molar-refractivity contribution in [1.82, 2.24) is 9.80 Å². The number of nitrogens with two attached hydrogens (primary N) is 1. The molecule has 3 amide bonds. The van der Waals surface area contributed by atoms with E-state index in [-0.39, 0.29) is 47.6 Å². The molecule has 0 aliphatic carbocycles. The molecule has 1 heterocycles. The molecule has 0 radical (unpaired) electrons. The topological polar surface area (TPSA) is 148 Å². The molecule has 170 valence electrons. The molecule has 0 spiro atoms. The number of carbonyl (C=O) groups is 3. The summed E-state index contributed by atoms with van der Waals surface area (Å²) < 4.78 is 5.32. The van der Waals surface area contributed by atoms with E-state index < -0.39 is 34.5 Å². The number of ether oxygens (including phenoxy) is 1. The molecule has 1 unspecified atom stereocenters. The van der Waals surface area contributed by atoms with Gasteiger partial charge in [-0.2, -0.15) is 0 Å². The number of amides is 3. The summed E-state index contributed by atoms with van der Waals surface area (Å²) in [7, 11) is 0. The average molecular weight is 476 g/mol. The van der Waals surface area contributed by atoms with Crippen molar-refractivity contribution >= 4 is 52.5 Å². The Hall–Kier alpha value is -2.63. The van der Waals surface area contributed by atoms with Gasteiger partial charge < -0.3 is 20.7 Å². The summed E-state index contributed by atoms with van der Waals surface area (Å²) in [4.78, 5) is 50.2. The van der Waals surface area contributed by atoms with Crippen LogP contribution >= 0.6 is 23.2 Å². The number of anilines is 1. The van der Waals surface area contributed by atoms with Crippen molar-refractivity contribution in [1.29, 1.82) is 0 Å². The lowest BCUT2D eigenvalue weighted by Gasteiger charge is -2.37. The lowest BCUT2D eigenvalue weighted by molar-refractivity contribution is -0.384. The Kier molecular flexibility index (Phi) is 7.68. The summed E-state index contributed by atoms with van der Waals surface area (Å²) >= 11 is 12.0. The van der Waals surface area contributed by atoms with E-state index in [1.807, 2.05) is 0 Å². The van der Waals surface area contributed by atoms with Crippen LogP contribution in [0.25, 0.3) is 0 Å². The van der Waals surface area contributed by atoms with Crippen LogP contribution in [0, 0.1) is 10.1 Å². The molecular weight excluding hydrogens is 453 g/mol. The maximum Gasteiger partial charge on any atom is 0.410 e. The highest BCUT2D eigenvalue weighted by Crippen LogP contribution is 2.34. The Labute approximate surface area is 188 Å². The Morgan fingerprint density at radius 2 is 1.68 bits per heavy atom. The van der Waals surface area contributed by atoms with E-state index in [1.54, 1.807) is 20.8 Å². The fourth-order valence-electron chi connectivity index (χ4n) is 2.94. The van der Waals surface area contributed by atoms with Gasteiger partial charge in [0.05, 0.1) is 20.7 Å². The Bertz CT molecular complexity index is 873. The third-order valence-corrected chi connectivity index (χ3v) is 4.93. The fraction of sp³-hybridized carbons (Fsp3) is 0.500. The number of nitrogens with zero attached hydrogens (tertiary/aromatic N) is 3. The molecule has 2 rings (SSSR count). The highest BCUT2D eigenvalue weighted by Gasteiger charge is 2.36. The van der Waals surface area contributed by atoms with Gasteiger partial charge in [0.2, 0.25) is 5.91 Å². The quantitative estimate of drug-likeness (QED) is 0.376. The van der Waals surface area contributed by atoms with Crippen molar-refractivity contribution in [2.24, 2.45) is 5.73 Å². The molecule has 1 fully saturated rings. The summed E-state index contributed by atoms with van der Waals surface area (Å²) in [6, 6.07) is 0.701. The molecule has 0 aromatic heterocycles. The summed E-state index contributed by atoms with van der Waals surface area (Å²) in [5.41, 5.74) is 4.37. The van der Waals surface area contributed by atoms with E-state index >= 15 is 0 Å². The first-order valence-corrected chi connectivity index (χ1v) is 10.0. The van der Waals surface area contributed by atoms with Gasteiger partial charge in [-0.3, -0.25) is 24.6 Å². The molecule has 1 aromatic carbocycles. The summed E-state index contributed by atoms with van der Waals surface area (Å²) in [6.07, 6.45) is -0.489. The van der Waals surface area contributed by atoms with E-state index in [1.165, 1.54) is 9.80 Å². The van der Waals surface area contributed by atoms with Gasteiger partial charge in [0.25, 0.3) is 11.6 Å². The largest absolute Gasteiger partial charge is 0.444 e. The molecule has 11 nitrogen and oxygen atoms in total. The number of halogens is 2. The van der Waals surface area contributed by atoms with Gasteiger partial charge in [-0.15, -0.1) is 0 Å². The Morgan fingerprint density at radius 1 is 1.16 bits per heavy atom. The number of piperazine rings is 1. The number of hydrogen-bond acceptors (Lipinski definition) is 7. The second-order valence-corrected chi connectivity index (χ2v) is 8.65. The third-order valence-electron chi connectivity index (χ3n) is 4.33. The zero-order chi connectivity index (χ0) is 23.5. The molecule has 31 heavy (non-hydrogen) atoms. The van der Waals surface area contributed by atoms with Crippen LogP contribution in [-0.4, -0.2) is 70.5 Å². The van der Waals surface area contributed by atoms with Crippen LogP contribution in [0.3, 0.4) is 0 Å². The van der Waals surface area contributed by atoms with E-state index in [2.05, 4.69) is 5.32 Å². The number of nitro benzene ring substituents is 1. The van der Waals surface area contributed by atoms with Crippen LogP contribution in [0.4, 0.5) is 16.2 Å². The molecule has 1 aromatic rings. The lowest BCUT2D eigenvalue weighted by Crippen LogP contribution is -2.59. The van der Waals surface area contributed by atoms with Crippen molar-refractivity contribution in [3.05, 3.63) is 32.3 Å². The van der Waals surface area contributed by atoms with E-state index in [4.69, 9.17) is 33.7 Å². The van der Waals surface area contributed by atoms with Gasteiger partial charge >= 0.3 is 6.09 Å². The minimum atomic E-state index is -1.36. The number of rotatable bonds is 5. The predicted molar refractivity (Wildman–Crippen MR) is 114 cm³/mol. The normalized spacial score (nSPS) is 15.8. The lowest BCUT2D eigenvalue weighted by atomic mass is 10.1. The second kappa shape index (κ2) is 9.67. The Morgan fingerprint density at radius 3 is 2.10 bits per heavy atom. The number of non-ortho nitro benzene ring substituents is 1. The van der Waals surface area contributed by atoms with Crippen LogP contribution < -0.4 is 11.1 Å². The van der Waals surface area contributed by atoms with E-state index in [9.17, 15) is 24.5 Å². The standard InChI is InChI=1S/C18H23Cl2N5O6/c1-18(2,3)31-17(28)24-6-4-23(5-7-24)14(15(21)26)16(27)22-13-11(19)8-10(25(29)30)9-12(13)20/h8-9,14H,4-7H2,1-3H3,(H2,21,26)(H,22,27). The van der Waals surface area contributed by atoms with Gasteiger partial charge in [0.15, 0.2) is 6.04 Å². The first-order valence-electron chi connectivity index (χ1n) is 9.25. The summed E-state index contributed by atoms with van der Waals surface area (Å²) in [5, 5.41) is 13.0. The number of primary amides is 1. The minimum absolute atomic E-state index is 0.0717. The van der Waals surface area contributed by atoms with Crippen LogP contribution in [0.15, 0.2) is 12.1 Å². The van der Waals surface area contributed by atoms with Gasteiger partial charge in [-0.25, -0.2) is 4.79 Å². The average Bonchev–Trinajstić information content (AvgIpc) is 2.63. The van der Waals surface area contributed by atoms with Crippen LogP contribution in [0.1, 0.15) is 20.8 Å². The molecule has 1 aliphatic heterocycles. The van der Waals surface area contributed by atoms with Crippen LogP contribution in [-0.2, 0) is 14.3 Å². The van der Waals surface area contributed by atoms with Crippen molar-refractivity contribution < 1.29 is 24.0 Å². The first-order chi connectivity index (χ1) is 14.3. The maximum absolute atomic E-state index is 12.8. The number of nitrogens with one attached hydrogen (secondary N) is 1. The Balaban J connectivity index is 2.10. The van der Waals surface area contributed by atoms with Gasteiger partial charge in [-0.1, -0.05) is 23.2 Å². The van der Waals surface area contributed by atoms with Crippen molar-refractivity contribution in [3.8, 4) is 0 Å². The van der Waals surface area contributed by atoms with E-state index in [0.717, 1.165) is 12.1 Å². The first kappa shape index (κ1) is 24.6. The second-order valence-electron chi connectivity index (χ2n) is 7.84. The zero-order valence-corrected chi connectivity index (χ0v) is 18.7. The van der Waals surface area contributed by atoms with Gasteiger partial charge in [0.1, 0.15) is 5.60 Å². The fourth-order valence-corrected chi connectivity index (χ4v) is 3.51. The number of hydrogen-bond donors (Lipinski definition) is 2. The highest BCUT2D eigenvalue weighted by atomic mass is 35.5. The SMILES string of the molecule is CC(C)(C)OC(=O)N1CCN(C(C(N)=O)C(=O)Nc2c(Cl)cc([N+](=O)[O-])cc2Cl)CC1. The molecule has 3 N–H and O–H groups in total. The zero-order valence-electron chi connectivity index (χ0n) is 17.2. The summed E-state index contributed by atoms with van der Waals surface area (Å²) in [6.45, 7) is 6.11. The highest BCUT2D eigenvalue weighted by molar-refractivity contribution is 6.40. The summed E-state index contributed by atoms with van der Waals surface area (Å²) in [5.74, 6) is -1.70. The van der Waals surface area contributed by atoms with Crippen molar-refractivity contribution in [2.75, 3.05) is 31.5 Å². The minimum Gasteiger partial charge on any atom is -0.444 e. The molecule has 1 aliphatic rings. The van der Waals surface area contributed by atoms with E-state index in [0.29, 0.717) is 0 Å². The molecule has 13 heteroatoms. The third kappa shape index (κ3) is 6.42. The van der Waals surface area contributed by atoms with Crippen LogP contribution in [0.5, 0.6) is 0 Å². The maximum atomic E-state index is 12.8. The molecule has 1 atom stereocenters. The smallest absolute Gasteiger partial charge is 0.410 e. The molecule has 0 bridgehead atoms. The number of carbonyl (C=O) groups excluding carboxylic acids is 3. The van der Waals surface area contributed by atoms with Gasteiger partial charge in [0, 0.05) is 38.3 Å². The molecular formula is C18H23Cl2N5O6. The molecule has 0 saturated carbocycles. The van der Waals surface area contributed by atoms with Crippen molar-refractivity contribution in [2.45, 2.75) is 32.4 Å². The predicted octanol–water partition coefficient (Wildman–Crippen LogP) is 2.25.